The predicted molar refractivity (Wildman–Crippen MR) is 83.1 cm³/mol. The van der Waals surface area contributed by atoms with Crippen molar-refractivity contribution >= 4 is 5.82 Å². The van der Waals surface area contributed by atoms with Crippen LogP contribution in [0.15, 0.2) is 18.3 Å². The molecule has 1 aliphatic rings. The molecule has 0 saturated heterocycles. The molecule has 1 aromatic heterocycles. The van der Waals surface area contributed by atoms with E-state index in [1.165, 1.54) is 31.2 Å². The Morgan fingerprint density at radius 2 is 2.25 bits per heavy atom. The zero-order valence-electron chi connectivity index (χ0n) is 12.8. The number of hydrogen-bond donors (Lipinski definition) is 1. The van der Waals surface area contributed by atoms with Gasteiger partial charge in [-0.05, 0) is 30.9 Å². The fourth-order valence-electron chi connectivity index (χ4n) is 2.30. The standard InChI is InChI=1S/C16H27N3O/c1-3-4-10-19(15-6-7-15)16-8-5-14(13-18-16)12-17-9-11-20-2/h5,8,13,15,17H,3-4,6-7,9-12H2,1-2H3. The second-order valence-electron chi connectivity index (χ2n) is 5.47. The highest BCUT2D eigenvalue weighted by molar-refractivity contribution is 5.42. The number of ether oxygens (including phenoxy) is 1. The number of nitrogens with zero attached hydrogens (tertiary/aromatic N) is 2. The zero-order valence-corrected chi connectivity index (χ0v) is 12.8. The largest absolute Gasteiger partial charge is 0.383 e. The van der Waals surface area contributed by atoms with Crippen molar-refractivity contribution in [1.82, 2.24) is 10.3 Å². The molecule has 1 aromatic rings. The zero-order chi connectivity index (χ0) is 14.2. The number of nitrogens with one attached hydrogen (secondary N) is 1. The first kappa shape index (κ1) is 15.3. The molecule has 1 heterocycles. The van der Waals surface area contributed by atoms with Gasteiger partial charge < -0.3 is 15.0 Å². The molecule has 1 saturated carbocycles. The maximum Gasteiger partial charge on any atom is 0.128 e. The number of rotatable bonds is 10. The van der Waals surface area contributed by atoms with Gasteiger partial charge in [-0.3, -0.25) is 0 Å². The highest BCUT2D eigenvalue weighted by Crippen LogP contribution is 2.30. The van der Waals surface area contributed by atoms with Gasteiger partial charge in [-0.1, -0.05) is 19.4 Å². The van der Waals surface area contributed by atoms with E-state index in [9.17, 15) is 0 Å². The van der Waals surface area contributed by atoms with Gasteiger partial charge in [0.25, 0.3) is 0 Å². The first-order chi connectivity index (χ1) is 9.85. The summed E-state index contributed by atoms with van der Waals surface area (Å²) >= 11 is 0. The van der Waals surface area contributed by atoms with Gasteiger partial charge in [0, 0.05) is 39.0 Å². The summed E-state index contributed by atoms with van der Waals surface area (Å²) < 4.78 is 5.02. The minimum absolute atomic E-state index is 0.736. The molecule has 1 aliphatic carbocycles. The highest BCUT2D eigenvalue weighted by Gasteiger charge is 2.29. The fraction of sp³-hybridized carbons (Fsp3) is 0.688. The number of aromatic nitrogens is 1. The molecule has 0 amide bonds. The minimum atomic E-state index is 0.736. The van der Waals surface area contributed by atoms with Gasteiger partial charge in [-0.2, -0.15) is 0 Å². The highest BCUT2D eigenvalue weighted by atomic mass is 16.5. The molecule has 0 spiro atoms. The van der Waals surface area contributed by atoms with Gasteiger partial charge >= 0.3 is 0 Å². The van der Waals surface area contributed by atoms with Gasteiger partial charge in [0.1, 0.15) is 5.82 Å². The Bertz CT molecular complexity index is 376. The van der Waals surface area contributed by atoms with E-state index in [2.05, 4.69) is 34.3 Å². The Morgan fingerprint density at radius 3 is 2.85 bits per heavy atom. The molecule has 4 heteroatoms. The molecule has 0 aromatic carbocycles. The Labute approximate surface area is 122 Å². The van der Waals surface area contributed by atoms with Crippen LogP contribution < -0.4 is 10.2 Å². The molecule has 2 rings (SSSR count). The molecule has 0 unspecified atom stereocenters. The number of unbranched alkanes of at least 4 members (excludes halogenated alkanes) is 1. The van der Waals surface area contributed by atoms with Gasteiger partial charge in [0.2, 0.25) is 0 Å². The molecule has 0 atom stereocenters. The van der Waals surface area contributed by atoms with Gasteiger partial charge in [0.05, 0.1) is 6.61 Å². The van der Waals surface area contributed by atoms with Crippen molar-refractivity contribution in [3.63, 3.8) is 0 Å². The lowest BCUT2D eigenvalue weighted by Crippen LogP contribution is -2.27. The van der Waals surface area contributed by atoms with Crippen molar-refractivity contribution in [1.29, 1.82) is 0 Å². The number of methoxy groups -OCH3 is 1. The van der Waals surface area contributed by atoms with Crippen LogP contribution in [0, 0.1) is 0 Å². The topological polar surface area (TPSA) is 37.4 Å². The van der Waals surface area contributed by atoms with Crippen LogP contribution in [0.3, 0.4) is 0 Å². The molecule has 0 radical (unpaired) electrons. The minimum Gasteiger partial charge on any atom is -0.383 e. The Hall–Kier alpha value is -1.13. The molecule has 0 aliphatic heterocycles. The Kier molecular flexibility index (Phi) is 6.27. The third-order valence-corrected chi connectivity index (χ3v) is 3.66. The van der Waals surface area contributed by atoms with Gasteiger partial charge in [-0.25, -0.2) is 4.98 Å². The van der Waals surface area contributed by atoms with E-state index in [0.717, 1.165) is 38.1 Å². The van der Waals surface area contributed by atoms with E-state index < -0.39 is 0 Å². The summed E-state index contributed by atoms with van der Waals surface area (Å²) in [6.45, 7) is 5.86. The Morgan fingerprint density at radius 1 is 1.40 bits per heavy atom. The molecule has 112 valence electrons. The molecule has 0 bridgehead atoms. The van der Waals surface area contributed by atoms with E-state index in [-0.39, 0.29) is 0 Å². The number of anilines is 1. The predicted octanol–water partition coefficient (Wildman–Crippen LogP) is 2.59. The summed E-state index contributed by atoms with van der Waals surface area (Å²) in [5.41, 5.74) is 1.23. The SMILES string of the molecule is CCCCN(c1ccc(CNCCOC)cn1)C1CC1. The smallest absolute Gasteiger partial charge is 0.128 e. The van der Waals surface area contributed by atoms with E-state index >= 15 is 0 Å². The lowest BCUT2D eigenvalue weighted by atomic mass is 10.2. The normalized spacial score (nSPS) is 14.5. The van der Waals surface area contributed by atoms with Crippen molar-refractivity contribution in [3.05, 3.63) is 23.9 Å². The molecule has 1 N–H and O–H groups in total. The van der Waals surface area contributed by atoms with Crippen molar-refractivity contribution in [2.45, 2.75) is 45.2 Å². The van der Waals surface area contributed by atoms with E-state index in [4.69, 9.17) is 4.74 Å². The maximum atomic E-state index is 5.02. The lowest BCUT2D eigenvalue weighted by molar-refractivity contribution is 0.199. The molecule has 1 fully saturated rings. The average molecular weight is 277 g/mol. The van der Waals surface area contributed by atoms with Crippen molar-refractivity contribution < 1.29 is 4.74 Å². The van der Waals surface area contributed by atoms with Gasteiger partial charge in [-0.15, -0.1) is 0 Å². The van der Waals surface area contributed by atoms with E-state index in [0.29, 0.717) is 0 Å². The molecular formula is C16H27N3O. The van der Waals surface area contributed by atoms with Crippen LogP contribution >= 0.6 is 0 Å². The molecular weight excluding hydrogens is 250 g/mol. The second-order valence-corrected chi connectivity index (χ2v) is 5.47. The van der Waals surface area contributed by atoms with Crippen LogP contribution in [0.2, 0.25) is 0 Å². The van der Waals surface area contributed by atoms with E-state index in [1.807, 2.05) is 6.20 Å². The summed E-state index contributed by atoms with van der Waals surface area (Å²) in [6, 6.07) is 5.09. The third kappa shape index (κ3) is 4.76. The van der Waals surface area contributed by atoms with Crippen LogP contribution in [0.4, 0.5) is 5.82 Å². The van der Waals surface area contributed by atoms with Crippen LogP contribution in [0.25, 0.3) is 0 Å². The average Bonchev–Trinajstić information content (AvgIpc) is 3.30. The fourth-order valence-corrected chi connectivity index (χ4v) is 2.30. The van der Waals surface area contributed by atoms with Crippen LogP contribution in [-0.2, 0) is 11.3 Å². The summed E-state index contributed by atoms with van der Waals surface area (Å²) in [5, 5.41) is 3.34. The maximum absolute atomic E-state index is 5.02. The Balaban J connectivity index is 1.85. The number of hydrogen-bond acceptors (Lipinski definition) is 4. The monoisotopic (exact) mass is 277 g/mol. The first-order valence-corrected chi connectivity index (χ1v) is 7.76. The van der Waals surface area contributed by atoms with Crippen LogP contribution in [0.5, 0.6) is 0 Å². The molecule has 20 heavy (non-hydrogen) atoms. The van der Waals surface area contributed by atoms with Crippen molar-refractivity contribution in [3.8, 4) is 0 Å². The van der Waals surface area contributed by atoms with Crippen molar-refractivity contribution in [2.75, 3.05) is 31.7 Å². The summed E-state index contributed by atoms with van der Waals surface area (Å²) in [4.78, 5) is 7.12. The van der Waals surface area contributed by atoms with E-state index in [1.54, 1.807) is 7.11 Å². The second kappa shape index (κ2) is 8.22. The van der Waals surface area contributed by atoms with Gasteiger partial charge in [0.15, 0.2) is 0 Å². The summed E-state index contributed by atoms with van der Waals surface area (Å²) in [7, 11) is 1.72. The molecule has 4 nitrogen and oxygen atoms in total. The first-order valence-electron chi connectivity index (χ1n) is 7.76. The lowest BCUT2D eigenvalue weighted by Gasteiger charge is -2.23. The summed E-state index contributed by atoms with van der Waals surface area (Å²) in [5.74, 6) is 1.14. The van der Waals surface area contributed by atoms with Crippen LogP contribution in [-0.4, -0.2) is 37.8 Å². The number of pyridine rings is 1. The quantitative estimate of drug-likeness (QED) is 0.667. The van der Waals surface area contributed by atoms with Crippen molar-refractivity contribution in [2.24, 2.45) is 0 Å². The van der Waals surface area contributed by atoms with Crippen LogP contribution in [0.1, 0.15) is 38.2 Å². The third-order valence-electron chi connectivity index (χ3n) is 3.66. The summed E-state index contributed by atoms with van der Waals surface area (Å²) in [6.07, 6.45) is 7.14.